The number of benzene rings is 2. The quantitative estimate of drug-likeness (QED) is 0.819. The molecule has 2 aromatic carbocycles. The van der Waals surface area contributed by atoms with Crippen LogP contribution in [0.2, 0.25) is 5.02 Å². The highest BCUT2D eigenvalue weighted by atomic mass is 79.9. The van der Waals surface area contributed by atoms with Gasteiger partial charge in [0, 0.05) is 16.1 Å². The first-order valence-electron chi connectivity index (χ1n) is 6.08. The van der Waals surface area contributed by atoms with Crippen LogP contribution in [-0.2, 0) is 6.42 Å². The van der Waals surface area contributed by atoms with Crippen LogP contribution >= 0.6 is 27.5 Å². The summed E-state index contributed by atoms with van der Waals surface area (Å²) in [5.41, 5.74) is 0.990. The number of halogens is 4. The third-order valence-corrected chi connectivity index (χ3v) is 4.38. The summed E-state index contributed by atoms with van der Waals surface area (Å²) in [7, 11) is 1.76. The summed E-state index contributed by atoms with van der Waals surface area (Å²) in [5, 5.41) is 3.67. The first-order chi connectivity index (χ1) is 9.52. The van der Waals surface area contributed by atoms with E-state index in [0.717, 1.165) is 10.0 Å². The average Bonchev–Trinajstić information content (AvgIpc) is 2.42. The van der Waals surface area contributed by atoms with Crippen molar-refractivity contribution in [2.75, 3.05) is 7.05 Å². The Morgan fingerprint density at radius 2 is 1.85 bits per heavy atom. The second-order valence-electron chi connectivity index (χ2n) is 4.42. The van der Waals surface area contributed by atoms with Crippen molar-refractivity contribution >= 4 is 27.5 Å². The van der Waals surface area contributed by atoms with Gasteiger partial charge in [-0.05, 0) is 59.2 Å². The van der Waals surface area contributed by atoms with Crippen molar-refractivity contribution in [3.63, 3.8) is 0 Å². The van der Waals surface area contributed by atoms with Gasteiger partial charge in [0.15, 0.2) is 0 Å². The summed E-state index contributed by atoms with van der Waals surface area (Å²) >= 11 is 9.30. The Kier molecular flexibility index (Phi) is 5.13. The monoisotopic (exact) mass is 359 g/mol. The van der Waals surface area contributed by atoms with E-state index in [1.54, 1.807) is 13.1 Å². The van der Waals surface area contributed by atoms with Gasteiger partial charge in [-0.25, -0.2) is 8.78 Å². The standard InChI is InChI=1S/C15H13BrClF2N/c1-20-15(9-5-6-12(17)11(16)7-9)8-10-13(18)3-2-4-14(10)19/h2-7,15,20H,8H2,1H3. The van der Waals surface area contributed by atoms with Crippen molar-refractivity contribution < 1.29 is 8.78 Å². The molecule has 106 valence electrons. The maximum absolute atomic E-state index is 13.7. The van der Waals surface area contributed by atoms with E-state index in [2.05, 4.69) is 21.2 Å². The minimum atomic E-state index is -0.529. The largest absolute Gasteiger partial charge is 0.313 e. The first kappa shape index (κ1) is 15.4. The number of hydrogen-bond donors (Lipinski definition) is 1. The van der Waals surface area contributed by atoms with E-state index in [1.165, 1.54) is 18.2 Å². The molecule has 1 N–H and O–H groups in total. The Labute approximate surface area is 130 Å². The van der Waals surface area contributed by atoms with Crippen molar-refractivity contribution in [1.29, 1.82) is 0 Å². The minimum Gasteiger partial charge on any atom is -0.313 e. The second-order valence-corrected chi connectivity index (χ2v) is 5.68. The van der Waals surface area contributed by atoms with Gasteiger partial charge < -0.3 is 5.32 Å². The maximum atomic E-state index is 13.7. The van der Waals surface area contributed by atoms with Gasteiger partial charge in [0.25, 0.3) is 0 Å². The zero-order valence-electron chi connectivity index (χ0n) is 10.8. The van der Waals surface area contributed by atoms with Gasteiger partial charge in [-0.2, -0.15) is 0 Å². The lowest BCUT2D eigenvalue weighted by Gasteiger charge is -2.18. The third kappa shape index (κ3) is 3.37. The van der Waals surface area contributed by atoms with Crippen LogP contribution in [0.4, 0.5) is 8.78 Å². The Morgan fingerprint density at radius 1 is 1.20 bits per heavy atom. The van der Waals surface area contributed by atoms with Gasteiger partial charge >= 0.3 is 0 Å². The van der Waals surface area contributed by atoms with E-state index in [9.17, 15) is 8.78 Å². The molecule has 1 atom stereocenters. The van der Waals surface area contributed by atoms with Crippen molar-refractivity contribution in [2.24, 2.45) is 0 Å². The molecule has 0 fully saturated rings. The summed E-state index contributed by atoms with van der Waals surface area (Å²) in [6.07, 6.45) is 0.225. The SMILES string of the molecule is CNC(Cc1c(F)cccc1F)c1ccc(Cl)c(Br)c1. The second kappa shape index (κ2) is 6.66. The smallest absolute Gasteiger partial charge is 0.129 e. The predicted octanol–water partition coefficient (Wildman–Crippen LogP) is 4.88. The molecule has 0 aliphatic heterocycles. The van der Waals surface area contributed by atoms with Crippen LogP contribution in [0.25, 0.3) is 0 Å². The number of nitrogens with one attached hydrogen (secondary N) is 1. The lowest BCUT2D eigenvalue weighted by molar-refractivity contribution is 0.515. The zero-order valence-corrected chi connectivity index (χ0v) is 13.1. The van der Waals surface area contributed by atoms with E-state index in [-0.39, 0.29) is 18.0 Å². The van der Waals surface area contributed by atoms with E-state index in [0.29, 0.717) is 5.02 Å². The van der Waals surface area contributed by atoms with Gasteiger partial charge in [-0.15, -0.1) is 0 Å². The highest BCUT2D eigenvalue weighted by Gasteiger charge is 2.16. The molecule has 20 heavy (non-hydrogen) atoms. The summed E-state index contributed by atoms with van der Waals surface area (Å²) in [6.45, 7) is 0. The van der Waals surface area contributed by atoms with E-state index in [1.807, 2.05) is 12.1 Å². The minimum absolute atomic E-state index is 0.0814. The fourth-order valence-corrected chi connectivity index (χ4v) is 2.56. The molecule has 0 aliphatic carbocycles. The van der Waals surface area contributed by atoms with Crippen LogP contribution in [0.3, 0.4) is 0 Å². The molecule has 0 radical (unpaired) electrons. The Hall–Kier alpha value is -0.970. The maximum Gasteiger partial charge on any atom is 0.129 e. The van der Waals surface area contributed by atoms with E-state index < -0.39 is 11.6 Å². The van der Waals surface area contributed by atoms with Crippen molar-refractivity contribution in [3.05, 3.63) is 68.7 Å². The van der Waals surface area contributed by atoms with Crippen LogP contribution < -0.4 is 5.32 Å². The Balaban J connectivity index is 2.31. The molecular formula is C15H13BrClF2N. The van der Waals surface area contributed by atoms with E-state index >= 15 is 0 Å². The van der Waals surface area contributed by atoms with Crippen LogP contribution in [0, 0.1) is 11.6 Å². The van der Waals surface area contributed by atoms with Gasteiger partial charge in [0.05, 0.1) is 5.02 Å². The van der Waals surface area contributed by atoms with Gasteiger partial charge in [-0.3, -0.25) is 0 Å². The third-order valence-electron chi connectivity index (χ3n) is 3.16. The van der Waals surface area contributed by atoms with Crippen LogP contribution in [0.5, 0.6) is 0 Å². The molecule has 0 amide bonds. The first-order valence-corrected chi connectivity index (χ1v) is 7.25. The predicted molar refractivity (Wildman–Crippen MR) is 81.0 cm³/mol. The average molecular weight is 361 g/mol. The lowest BCUT2D eigenvalue weighted by atomic mass is 9.98. The fourth-order valence-electron chi connectivity index (χ4n) is 2.05. The molecule has 0 saturated heterocycles. The molecule has 0 saturated carbocycles. The van der Waals surface area contributed by atoms with Crippen molar-refractivity contribution in [1.82, 2.24) is 5.32 Å². The summed E-state index contributed by atoms with van der Waals surface area (Å²) < 4.78 is 28.2. The zero-order chi connectivity index (χ0) is 14.7. The molecule has 0 aromatic heterocycles. The van der Waals surface area contributed by atoms with Crippen molar-refractivity contribution in [2.45, 2.75) is 12.5 Å². The topological polar surface area (TPSA) is 12.0 Å². The van der Waals surface area contributed by atoms with Gasteiger partial charge in [-0.1, -0.05) is 23.7 Å². The molecule has 2 aromatic rings. The van der Waals surface area contributed by atoms with Gasteiger partial charge in [0.2, 0.25) is 0 Å². The van der Waals surface area contributed by atoms with Crippen molar-refractivity contribution in [3.8, 4) is 0 Å². The molecule has 0 aliphatic rings. The van der Waals surface area contributed by atoms with Crippen LogP contribution in [0.15, 0.2) is 40.9 Å². The summed E-state index contributed by atoms with van der Waals surface area (Å²) in [6, 6.07) is 9.14. The van der Waals surface area contributed by atoms with Crippen LogP contribution in [-0.4, -0.2) is 7.05 Å². The molecule has 0 bridgehead atoms. The van der Waals surface area contributed by atoms with Crippen LogP contribution in [0.1, 0.15) is 17.2 Å². The molecule has 1 nitrogen and oxygen atoms in total. The Bertz CT molecular complexity index is 599. The molecule has 0 spiro atoms. The molecule has 0 heterocycles. The van der Waals surface area contributed by atoms with Gasteiger partial charge in [0.1, 0.15) is 11.6 Å². The highest BCUT2D eigenvalue weighted by molar-refractivity contribution is 9.10. The van der Waals surface area contributed by atoms with E-state index in [4.69, 9.17) is 11.6 Å². The summed E-state index contributed by atoms with van der Waals surface area (Å²) in [4.78, 5) is 0. The molecular weight excluding hydrogens is 348 g/mol. The highest BCUT2D eigenvalue weighted by Crippen LogP contribution is 2.28. The number of hydrogen-bond acceptors (Lipinski definition) is 1. The lowest BCUT2D eigenvalue weighted by Crippen LogP contribution is -2.20. The summed E-state index contributed by atoms with van der Waals surface area (Å²) in [5.74, 6) is -1.06. The normalized spacial score (nSPS) is 12.4. The molecule has 2 rings (SSSR count). The Morgan fingerprint density at radius 3 is 2.40 bits per heavy atom. The number of likely N-dealkylation sites (N-methyl/N-ethyl adjacent to an activating group) is 1. The fraction of sp³-hybridized carbons (Fsp3) is 0.200. The molecule has 5 heteroatoms. The number of rotatable bonds is 4. The molecule has 1 unspecified atom stereocenters.